The first-order chi connectivity index (χ1) is 10.1. The standard InChI is InChI=1S/C17H37NO2Si/c1-6-13-19-21(20-14-7-2,18-16(5)8-3)17-12-10-9-11-15(17)4/h15-18H,6-14H2,1-5H3. The van der Waals surface area contributed by atoms with E-state index in [1.54, 1.807) is 0 Å². The highest BCUT2D eigenvalue weighted by Gasteiger charge is 2.50. The maximum Gasteiger partial charge on any atom is 0.428 e. The molecule has 3 atom stereocenters. The molecule has 0 amide bonds. The molecule has 0 saturated heterocycles. The molecule has 0 aliphatic heterocycles. The molecule has 1 aliphatic carbocycles. The number of hydrogen-bond acceptors (Lipinski definition) is 3. The van der Waals surface area contributed by atoms with Crippen LogP contribution in [0.3, 0.4) is 0 Å². The summed E-state index contributed by atoms with van der Waals surface area (Å²) in [7, 11) is -2.33. The van der Waals surface area contributed by atoms with Gasteiger partial charge in [-0.15, -0.1) is 0 Å². The average molecular weight is 316 g/mol. The molecule has 0 spiro atoms. The van der Waals surface area contributed by atoms with E-state index in [9.17, 15) is 0 Å². The lowest BCUT2D eigenvalue weighted by atomic mass is 9.90. The minimum atomic E-state index is -2.33. The molecule has 0 bridgehead atoms. The van der Waals surface area contributed by atoms with E-state index in [2.05, 4.69) is 39.6 Å². The van der Waals surface area contributed by atoms with Gasteiger partial charge in [-0.1, -0.05) is 53.9 Å². The second-order valence-electron chi connectivity index (χ2n) is 6.69. The van der Waals surface area contributed by atoms with E-state index < -0.39 is 8.72 Å². The van der Waals surface area contributed by atoms with Crippen molar-refractivity contribution in [3.05, 3.63) is 0 Å². The van der Waals surface area contributed by atoms with Gasteiger partial charge in [-0.05, 0) is 31.6 Å². The second-order valence-corrected chi connectivity index (χ2v) is 9.63. The molecule has 1 aliphatic rings. The summed E-state index contributed by atoms with van der Waals surface area (Å²) in [5.74, 6) is 0.718. The molecule has 3 nitrogen and oxygen atoms in total. The van der Waals surface area contributed by atoms with E-state index in [-0.39, 0.29) is 0 Å². The Morgan fingerprint density at radius 2 is 1.62 bits per heavy atom. The van der Waals surface area contributed by atoms with Crippen LogP contribution in [0.1, 0.15) is 79.6 Å². The van der Waals surface area contributed by atoms with E-state index in [1.807, 2.05) is 0 Å². The summed E-state index contributed by atoms with van der Waals surface area (Å²) >= 11 is 0. The largest absolute Gasteiger partial charge is 0.428 e. The molecule has 1 saturated carbocycles. The number of nitrogens with one attached hydrogen (secondary N) is 1. The zero-order valence-electron chi connectivity index (χ0n) is 14.9. The summed E-state index contributed by atoms with van der Waals surface area (Å²) in [5, 5.41) is 0. The molecule has 3 unspecified atom stereocenters. The minimum absolute atomic E-state index is 0.472. The highest BCUT2D eigenvalue weighted by molar-refractivity contribution is 6.66. The third kappa shape index (κ3) is 5.66. The molecule has 21 heavy (non-hydrogen) atoms. The topological polar surface area (TPSA) is 30.5 Å². The van der Waals surface area contributed by atoms with Gasteiger partial charge in [0.1, 0.15) is 0 Å². The maximum absolute atomic E-state index is 6.47. The van der Waals surface area contributed by atoms with E-state index in [0.717, 1.165) is 38.4 Å². The summed E-state index contributed by atoms with van der Waals surface area (Å²) in [4.78, 5) is 3.84. The predicted molar refractivity (Wildman–Crippen MR) is 92.5 cm³/mol. The van der Waals surface area contributed by atoms with Gasteiger partial charge in [0.05, 0.1) is 0 Å². The Bertz CT molecular complexity index is 268. The monoisotopic (exact) mass is 315 g/mol. The first-order valence-electron chi connectivity index (χ1n) is 9.15. The van der Waals surface area contributed by atoms with Crippen molar-refractivity contribution in [3.8, 4) is 0 Å². The fourth-order valence-electron chi connectivity index (χ4n) is 3.28. The molecule has 1 fully saturated rings. The number of hydrogen-bond donors (Lipinski definition) is 1. The lowest BCUT2D eigenvalue weighted by Crippen LogP contribution is -2.64. The quantitative estimate of drug-likeness (QED) is 0.590. The van der Waals surface area contributed by atoms with Crippen molar-refractivity contribution in [2.45, 2.75) is 91.1 Å². The lowest BCUT2D eigenvalue weighted by Gasteiger charge is -2.43. The highest BCUT2D eigenvalue weighted by atomic mass is 28.4. The summed E-state index contributed by atoms with van der Waals surface area (Å²) < 4.78 is 12.9. The Morgan fingerprint density at radius 3 is 2.10 bits per heavy atom. The van der Waals surface area contributed by atoms with Crippen molar-refractivity contribution in [2.75, 3.05) is 13.2 Å². The summed E-state index contributed by atoms with van der Waals surface area (Å²) in [6, 6.07) is 0.472. The van der Waals surface area contributed by atoms with Gasteiger partial charge in [0, 0.05) is 24.8 Å². The van der Waals surface area contributed by atoms with Gasteiger partial charge in [0.2, 0.25) is 0 Å². The van der Waals surface area contributed by atoms with Crippen molar-refractivity contribution in [1.29, 1.82) is 0 Å². The van der Waals surface area contributed by atoms with Gasteiger partial charge < -0.3 is 8.85 Å². The van der Waals surface area contributed by atoms with Crippen LogP contribution in [-0.4, -0.2) is 28.0 Å². The van der Waals surface area contributed by atoms with Crippen LogP contribution in [0.15, 0.2) is 0 Å². The van der Waals surface area contributed by atoms with Crippen molar-refractivity contribution < 1.29 is 8.85 Å². The van der Waals surface area contributed by atoms with E-state index >= 15 is 0 Å². The van der Waals surface area contributed by atoms with Crippen LogP contribution in [-0.2, 0) is 8.85 Å². The third-order valence-electron chi connectivity index (χ3n) is 4.70. The number of rotatable bonds is 10. The highest BCUT2D eigenvalue weighted by Crippen LogP contribution is 2.41. The van der Waals surface area contributed by atoms with Gasteiger partial charge >= 0.3 is 8.72 Å². The Labute approximate surface area is 133 Å². The van der Waals surface area contributed by atoms with Gasteiger partial charge in [-0.2, -0.15) is 0 Å². The SMILES string of the molecule is CCCO[Si](NC(C)CC)(OCCC)C1CCCCC1C. The molecule has 4 heteroatoms. The molecule has 0 aromatic heterocycles. The zero-order valence-corrected chi connectivity index (χ0v) is 15.9. The van der Waals surface area contributed by atoms with Crippen LogP contribution in [0.25, 0.3) is 0 Å². The normalized spacial score (nSPS) is 25.0. The summed E-state index contributed by atoms with van der Waals surface area (Å²) in [6.07, 6.45) is 8.54. The third-order valence-corrected chi connectivity index (χ3v) is 8.70. The Kier molecular flexibility index (Phi) is 9.10. The lowest BCUT2D eigenvalue weighted by molar-refractivity contribution is 0.126. The van der Waals surface area contributed by atoms with E-state index in [0.29, 0.717) is 11.6 Å². The fraction of sp³-hybridized carbons (Fsp3) is 1.00. The van der Waals surface area contributed by atoms with Crippen LogP contribution in [0.2, 0.25) is 5.54 Å². The Balaban J connectivity index is 2.94. The molecule has 1 rings (SSSR count). The van der Waals surface area contributed by atoms with Gasteiger partial charge in [-0.25, -0.2) is 0 Å². The van der Waals surface area contributed by atoms with Crippen molar-refractivity contribution in [2.24, 2.45) is 5.92 Å². The molecule has 0 aromatic carbocycles. The molecular formula is C17H37NO2Si. The first-order valence-corrected chi connectivity index (χ1v) is 11.0. The van der Waals surface area contributed by atoms with Crippen molar-refractivity contribution in [1.82, 2.24) is 4.98 Å². The molecule has 126 valence electrons. The average Bonchev–Trinajstić information content (AvgIpc) is 2.50. The smallest absolute Gasteiger partial charge is 0.383 e. The molecule has 0 radical (unpaired) electrons. The molecule has 0 heterocycles. The summed E-state index contributed by atoms with van der Waals surface area (Å²) in [5.41, 5.74) is 0.596. The molecule has 1 N–H and O–H groups in total. The van der Waals surface area contributed by atoms with Crippen LogP contribution in [0.5, 0.6) is 0 Å². The van der Waals surface area contributed by atoms with E-state index in [1.165, 1.54) is 25.7 Å². The van der Waals surface area contributed by atoms with Crippen LogP contribution in [0, 0.1) is 5.92 Å². The second kappa shape index (κ2) is 9.98. The maximum atomic E-state index is 6.47. The predicted octanol–water partition coefficient (Wildman–Crippen LogP) is 4.75. The molecular weight excluding hydrogens is 278 g/mol. The van der Waals surface area contributed by atoms with Gasteiger partial charge in [-0.3, -0.25) is 4.98 Å². The Hall–Kier alpha value is 0.0969. The zero-order chi connectivity index (χ0) is 15.7. The fourth-order valence-corrected chi connectivity index (χ4v) is 7.58. The van der Waals surface area contributed by atoms with Crippen LogP contribution >= 0.6 is 0 Å². The Morgan fingerprint density at radius 1 is 1.05 bits per heavy atom. The van der Waals surface area contributed by atoms with Gasteiger partial charge in [0.15, 0.2) is 0 Å². The minimum Gasteiger partial charge on any atom is -0.383 e. The van der Waals surface area contributed by atoms with Crippen LogP contribution < -0.4 is 4.98 Å². The molecule has 0 aromatic rings. The van der Waals surface area contributed by atoms with E-state index in [4.69, 9.17) is 8.85 Å². The van der Waals surface area contributed by atoms with Crippen molar-refractivity contribution >= 4 is 8.72 Å². The first kappa shape index (κ1) is 19.1. The van der Waals surface area contributed by atoms with Gasteiger partial charge in [0.25, 0.3) is 0 Å². The summed E-state index contributed by atoms with van der Waals surface area (Å²) in [6.45, 7) is 12.9. The van der Waals surface area contributed by atoms with Crippen molar-refractivity contribution in [3.63, 3.8) is 0 Å². The van der Waals surface area contributed by atoms with Crippen LogP contribution in [0.4, 0.5) is 0 Å².